The molecule has 1 unspecified atom stereocenters. The number of anilines is 1. The molecule has 0 saturated carbocycles. The second-order valence-corrected chi connectivity index (χ2v) is 5.06. The van der Waals surface area contributed by atoms with E-state index in [1.54, 1.807) is 12.1 Å². The molecule has 2 heterocycles. The third-order valence-corrected chi connectivity index (χ3v) is 3.58. The molecule has 0 spiro atoms. The predicted molar refractivity (Wildman–Crippen MR) is 76.4 cm³/mol. The van der Waals surface area contributed by atoms with E-state index in [2.05, 4.69) is 15.5 Å². The van der Waals surface area contributed by atoms with E-state index in [1.807, 2.05) is 6.07 Å². The summed E-state index contributed by atoms with van der Waals surface area (Å²) in [6.45, 7) is 1.43. The van der Waals surface area contributed by atoms with Crippen LogP contribution in [0.25, 0.3) is 10.9 Å². The van der Waals surface area contributed by atoms with Crippen LogP contribution in [0, 0.1) is 0 Å². The quantitative estimate of drug-likeness (QED) is 0.735. The highest BCUT2D eigenvalue weighted by atomic mass is 16.5. The van der Waals surface area contributed by atoms with E-state index >= 15 is 0 Å². The maximum absolute atomic E-state index is 12.1. The van der Waals surface area contributed by atoms with Crippen molar-refractivity contribution in [2.75, 3.05) is 18.9 Å². The Morgan fingerprint density at radius 1 is 1.55 bits per heavy atom. The van der Waals surface area contributed by atoms with Gasteiger partial charge >= 0.3 is 0 Å². The van der Waals surface area contributed by atoms with Crippen LogP contribution in [0.5, 0.6) is 0 Å². The maximum atomic E-state index is 12.1. The monoisotopic (exact) mass is 274 g/mol. The summed E-state index contributed by atoms with van der Waals surface area (Å²) in [6, 6.07) is 5.36. The van der Waals surface area contributed by atoms with Crippen molar-refractivity contribution in [1.82, 2.24) is 15.5 Å². The van der Waals surface area contributed by atoms with Gasteiger partial charge in [0.05, 0.1) is 11.6 Å². The van der Waals surface area contributed by atoms with Crippen LogP contribution in [0.1, 0.15) is 29.8 Å². The van der Waals surface area contributed by atoms with Gasteiger partial charge in [-0.25, -0.2) is 0 Å². The Labute approximate surface area is 116 Å². The van der Waals surface area contributed by atoms with E-state index in [9.17, 15) is 4.79 Å². The number of benzene rings is 1. The molecule has 0 aliphatic carbocycles. The van der Waals surface area contributed by atoms with Gasteiger partial charge in [-0.3, -0.25) is 9.89 Å². The Hall–Kier alpha value is -2.08. The number of rotatable bonds is 4. The molecular formula is C14H18N4O2. The van der Waals surface area contributed by atoms with E-state index in [-0.39, 0.29) is 12.0 Å². The molecule has 1 fully saturated rings. The zero-order valence-electron chi connectivity index (χ0n) is 11.2. The van der Waals surface area contributed by atoms with Crippen LogP contribution in [-0.2, 0) is 4.74 Å². The molecule has 2 aromatic rings. The zero-order valence-corrected chi connectivity index (χ0v) is 11.2. The maximum Gasteiger partial charge on any atom is 0.272 e. The van der Waals surface area contributed by atoms with E-state index in [1.165, 1.54) is 0 Å². The first-order chi connectivity index (χ1) is 9.74. The molecule has 0 radical (unpaired) electrons. The van der Waals surface area contributed by atoms with E-state index in [0.717, 1.165) is 36.8 Å². The van der Waals surface area contributed by atoms with Crippen molar-refractivity contribution in [1.29, 1.82) is 0 Å². The first-order valence-corrected chi connectivity index (χ1v) is 6.87. The normalized spacial score (nSPS) is 18.5. The van der Waals surface area contributed by atoms with E-state index in [4.69, 9.17) is 10.5 Å². The van der Waals surface area contributed by atoms with Gasteiger partial charge in [-0.1, -0.05) is 0 Å². The Balaban J connectivity index is 1.64. The molecule has 6 heteroatoms. The smallest absolute Gasteiger partial charge is 0.272 e. The van der Waals surface area contributed by atoms with Gasteiger partial charge in [0.2, 0.25) is 0 Å². The van der Waals surface area contributed by atoms with Crippen molar-refractivity contribution < 1.29 is 9.53 Å². The number of carbonyl (C=O) groups excluding carboxylic acids is 1. The van der Waals surface area contributed by atoms with Gasteiger partial charge < -0.3 is 15.8 Å². The molecule has 1 aliphatic rings. The summed E-state index contributed by atoms with van der Waals surface area (Å²) in [5.74, 6) is -0.181. The minimum atomic E-state index is -0.181. The van der Waals surface area contributed by atoms with Crippen molar-refractivity contribution in [3.63, 3.8) is 0 Å². The molecule has 1 aromatic carbocycles. The Bertz CT molecular complexity index is 617. The number of carbonyl (C=O) groups is 1. The number of nitrogen functional groups attached to an aromatic ring is 1. The molecule has 1 atom stereocenters. The number of hydrogen-bond acceptors (Lipinski definition) is 4. The largest absolute Gasteiger partial charge is 0.399 e. The highest BCUT2D eigenvalue weighted by Crippen LogP contribution is 2.19. The third-order valence-electron chi connectivity index (χ3n) is 3.58. The molecule has 0 bridgehead atoms. The van der Waals surface area contributed by atoms with Crippen LogP contribution < -0.4 is 11.1 Å². The number of hydrogen-bond donors (Lipinski definition) is 3. The number of aromatic amines is 1. The van der Waals surface area contributed by atoms with Crippen LogP contribution in [-0.4, -0.2) is 35.4 Å². The fraction of sp³-hybridized carbons (Fsp3) is 0.429. The van der Waals surface area contributed by atoms with Gasteiger partial charge in [0.15, 0.2) is 5.69 Å². The lowest BCUT2D eigenvalue weighted by Crippen LogP contribution is -2.27. The molecule has 106 valence electrons. The highest BCUT2D eigenvalue weighted by molar-refractivity contribution is 6.05. The molecule has 3 rings (SSSR count). The van der Waals surface area contributed by atoms with Crippen molar-refractivity contribution >= 4 is 22.5 Å². The second-order valence-electron chi connectivity index (χ2n) is 5.06. The van der Waals surface area contributed by atoms with E-state index < -0.39 is 0 Å². The first-order valence-electron chi connectivity index (χ1n) is 6.87. The number of ether oxygens (including phenoxy) is 1. The van der Waals surface area contributed by atoms with Crippen molar-refractivity contribution in [3.8, 4) is 0 Å². The summed E-state index contributed by atoms with van der Waals surface area (Å²) in [7, 11) is 0. The Morgan fingerprint density at radius 2 is 2.45 bits per heavy atom. The summed E-state index contributed by atoms with van der Waals surface area (Å²) in [5.41, 5.74) is 7.56. The molecule has 20 heavy (non-hydrogen) atoms. The number of nitrogens with two attached hydrogens (primary N) is 1. The number of H-pyrrole nitrogens is 1. The number of amides is 1. The fourth-order valence-electron chi connectivity index (χ4n) is 2.51. The highest BCUT2D eigenvalue weighted by Gasteiger charge is 2.17. The molecule has 6 nitrogen and oxygen atoms in total. The van der Waals surface area contributed by atoms with Gasteiger partial charge in [0.25, 0.3) is 5.91 Å². The topological polar surface area (TPSA) is 93.0 Å². The number of nitrogens with one attached hydrogen (secondary N) is 2. The number of aromatic nitrogens is 2. The molecule has 1 aromatic heterocycles. The lowest BCUT2D eigenvalue weighted by Gasteiger charge is -2.09. The van der Waals surface area contributed by atoms with Gasteiger partial charge in [0, 0.05) is 24.2 Å². The fourth-order valence-corrected chi connectivity index (χ4v) is 2.51. The summed E-state index contributed by atoms with van der Waals surface area (Å²) in [5, 5.41) is 10.5. The zero-order chi connectivity index (χ0) is 13.9. The standard InChI is InChI=1S/C14H18N4O2/c15-9-3-4-12-11(8-9)13(18-17-12)14(19)16-6-5-10-2-1-7-20-10/h3-4,8,10H,1-2,5-7,15H2,(H,16,19)(H,17,18). The van der Waals surface area contributed by atoms with Crippen LogP contribution >= 0.6 is 0 Å². The van der Waals surface area contributed by atoms with Gasteiger partial charge in [-0.2, -0.15) is 5.10 Å². The lowest BCUT2D eigenvalue weighted by atomic mass is 10.1. The third kappa shape index (κ3) is 2.60. The van der Waals surface area contributed by atoms with Gasteiger partial charge in [0.1, 0.15) is 0 Å². The predicted octanol–water partition coefficient (Wildman–Crippen LogP) is 1.44. The van der Waals surface area contributed by atoms with Crippen molar-refractivity contribution in [3.05, 3.63) is 23.9 Å². The minimum Gasteiger partial charge on any atom is -0.399 e. The summed E-state index contributed by atoms with van der Waals surface area (Å²) in [4.78, 5) is 12.1. The van der Waals surface area contributed by atoms with Gasteiger partial charge in [-0.15, -0.1) is 0 Å². The van der Waals surface area contributed by atoms with Crippen molar-refractivity contribution in [2.24, 2.45) is 0 Å². The second kappa shape index (κ2) is 5.50. The SMILES string of the molecule is Nc1ccc2[nH]nc(C(=O)NCCC3CCCO3)c2c1. The molecule has 1 aliphatic heterocycles. The van der Waals surface area contributed by atoms with E-state index in [0.29, 0.717) is 17.9 Å². The number of fused-ring (bicyclic) bond motifs is 1. The Morgan fingerprint density at radius 3 is 3.25 bits per heavy atom. The van der Waals surface area contributed by atoms with Gasteiger partial charge in [-0.05, 0) is 37.5 Å². The average molecular weight is 274 g/mol. The lowest BCUT2D eigenvalue weighted by molar-refractivity contribution is 0.0904. The summed E-state index contributed by atoms with van der Waals surface area (Å²) < 4.78 is 5.52. The molecule has 1 amide bonds. The molecular weight excluding hydrogens is 256 g/mol. The minimum absolute atomic E-state index is 0.181. The van der Waals surface area contributed by atoms with Crippen LogP contribution in [0.2, 0.25) is 0 Å². The molecule has 4 N–H and O–H groups in total. The average Bonchev–Trinajstić information content (AvgIpc) is 3.07. The number of nitrogens with zero attached hydrogens (tertiary/aromatic N) is 1. The van der Waals surface area contributed by atoms with Crippen LogP contribution in [0.3, 0.4) is 0 Å². The van der Waals surface area contributed by atoms with Crippen LogP contribution in [0.4, 0.5) is 5.69 Å². The Kier molecular flexibility index (Phi) is 3.56. The molecule has 1 saturated heterocycles. The summed E-state index contributed by atoms with van der Waals surface area (Å²) in [6.07, 6.45) is 3.32. The summed E-state index contributed by atoms with van der Waals surface area (Å²) >= 11 is 0. The van der Waals surface area contributed by atoms with Crippen molar-refractivity contribution in [2.45, 2.75) is 25.4 Å². The first kappa shape index (κ1) is 12.9. The van der Waals surface area contributed by atoms with Crippen LogP contribution in [0.15, 0.2) is 18.2 Å².